The maximum absolute atomic E-state index is 5.02. The molecule has 1 atom stereocenters. The first kappa shape index (κ1) is 11.5. The van der Waals surface area contributed by atoms with Gasteiger partial charge in [0.15, 0.2) is 5.13 Å². The summed E-state index contributed by atoms with van der Waals surface area (Å²) < 4.78 is 5.02. The SMILES string of the molecule is COCCC(C)Nc1nc(C)c(C)s1. The lowest BCUT2D eigenvalue weighted by Crippen LogP contribution is -2.16. The molecule has 1 heterocycles. The maximum Gasteiger partial charge on any atom is 0.183 e. The van der Waals surface area contributed by atoms with Crippen molar-refractivity contribution in [2.24, 2.45) is 0 Å². The van der Waals surface area contributed by atoms with Crippen molar-refractivity contribution in [3.63, 3.8) is 0 Å². The fraction of sp³-hybridized carbons (Fsp3) is 0.700. The van der Waals surface area contributed by atoms with Crippen LogP contribution in [0, 0.1) is 13.8 Å². The molecule has 0 bridgehead atoms. The highest BCUT2D eigenvalue weighted by molar-refractivity contribution is 7.15. The maximum atomic E-state index is 5.02. The van der Waals surface area contributed by atoms with Crippen LogP contribution in [0.15, 0.2) is 0 Å². The quantitative estimate of drug-likeness (QED) is 0.818. The van der Waals surface area contributed by atoms with Crippen LogP contribution in [-0.4, -0.2) is 24.7 Å². The van der Waals surface area contributed by atoms with E-state index in [9.17, 15) is 0 Å². The summed E-state index contributed by atoms with van der Waals surface area (Å²) in [5, 5.41) is 4.38. The van der Waals surface area contributed by atoms with Crippen LogP contribution in [0.2, 0.25) is 0 Å². The van der Waals surface area contributed by atoms with E-state index in [0.29, 0.717) is 6.04 Å². The summed E-state index contributed by atoms with van der Waals surface area (Å²) >= 11 is 1.71. The average Bonchev–Trinajstić information content (AvgIpc) is 2.42. The van der Waals surface area contributed by atoms with Crippen LogP contribution in [0.3, 0.4) is 0 Å². The molecule has 1 rings (SSSR count). The Balaban J connectivity index is 2.43. The van der Waals surface area contributed by atoms with E-state index < -0.39 is 0 Å². The molecular weight excluding hydrogens is 196 g/mol. The third-order valence-electron chi connectivity index (χ3n) is 2.15. The van der Waals surface area contributed by atoms with Crippen LogP contribution < -0.4 is 5.32 Å². The van der Waals surface area contributed by atoms with Crippen molar-refractivity contribution in [3.05, 3.63) is 10.6 Å². The zero-order chi connectivity index (χ0) is 10.6. The lowest BCUT2D eigenvalue weighted by atomic mass is 10.2. The van der Waals surface area contributed by atoms with Crippen molar-refractivity contribution in [2.75, 3.05) is 19.0 Å². The molecule has 0 amide bonds. The molecule has 80 valence electrons. The fourth-order valence-electron chi connectivity index (χ4n) is 1.11. The first-order valence-corrected chi connectivity index (χ1v) is 5.64. The van der Waals surface area contributed by atoms with Gasteiger partial charge in [0.1, 0.15) is 0 Å². The zero-order valence-electron chi connectivity index (χ0n) is 9.26. The van der Waals surface area contributed by atoms with Crippen LogP contribution in [0.1, 0.15) is 23.9 Å². The number of thiazole rings is 1. The summed E-state index contributed by atoms with van der Waals surface area (Å²) in [6.45, 7) is 7.07. The van der Waals surface area contributed by atoms with Crippen molar-refractivity contribution in [1.82, 2.24) is 4.98 Å². The summed E-state index contributed by atoms with van der Waals surface area (Å²) in [5.74, 6) is 0. The minimum absolute atomic E-state index is 0.417. The van der Waals surface area contributed by atoms with E-state index in [1.54, 1.807) is 18.4 Å². The van der Waals surface area contributed by atoms with Gasteiger partial charge in [0, 0.05) is 24.6 Å². The molecule has 0 aliphatic carbocycles. The minimum Gasteiger partial charge on any atom is -0.385 e. The summed E-state index contributed by atoms with van der Waals surface area (Å²) in [5.41, 5.74) is 1.12. The normalized spacial score (nSPS) is 12.9. The van der Waals surface area contributed by atoms with Gasteiger partial charge in [-0.2, -0.15) is 0 Å². The number of nitrogens with one attached hydrogen (secondary N) is 1. The van der Waals surface area contributed by atoms with Gasteiger partial charge in [0.2, 0.25) is 0 Å². The minimum atomic E-state index is 0.417. The standard InChI is InChI=1S/C10H18N2OS/c1-7(5-6-13-4)11-10-12-8(2)9(3)14-10/h7H,5-6H2,1-4H3,(H,11,12). The van der Waals surface area contributed by atoms with Crippen LogP contribution >= 0.6 is 11.3 Å². The number of rotatable bonds is 5. The van der Waals surface area contributed by atoms with Crippen molar-refractivity contribution in [2.45, 2.75) is 33.2 Å². The fourth-order valence-corrected chi connectivity index (χ4v) is 2.04. The van der Waals surface area contributed by atoms with Gasteiger partial charge in [0.25, 0.3) is 0 Å². The van der Waals surface area contributed by atoms with Gasteiger partial charge in [-0.1, -0.05) is 0 Å². The van der Waals surface area contributed by atoms with E-state index in [4.69, 9.17) is 4.74 Å². The number of ether oxygens (including phenoxy) is 1. The lowest BCUT2D eigenvalue weighted by Gasteiger charge is -2.11. The summed E-state index contributed by atoms with van der Waals surface area (Å²) in [4.78, 5) is 5.71. The van der Waals surface area contributed by atoms with E-state index in [1.807, 2.05) is 6.92 Å². The Hall–Kier alpha value is -0.610. The highest BCUT2D eigenvalue weighted by Crippen LogP contribution is 2.21. The van der Waals surface area contributed by atoms with Gasteiger partial charge in [-0.3, -0.25) is 0 Å². The number of hydrogen-bond donors (Lipinski definition) is 1. The van der Waals surface area contributed by atoms with Crippen LogP contribution in [0.5, 0.6) is 0 Å². The molecule has 1 N–H and O–H groups in total. The lowest BCUT2D eigenvalue weighted by molar-refractivity contribution is 0.191. The van der Waals surface area contributed by atoms with Gasteiger partial charge in [-0.15, -0.1) is 11.3 Å². The Morgan fingerprint density at radius 1 is 1.50 bits per heavy atom. The molecule has 4 heteroatoms. The second-order valence-electron chi connectivity index (χ2n) is 3.49. The Morgan fingerprint density at radius 3 is 2.71 bits per heavy atom. The first-order chi connectivity index (χ1) is 6.63. The third-order valence-corrected chi connectivity index (χ3v) is 3.16. The molecule has 0 saturated heterocycles. The van der Waals surface area contributed by atoms with E-state index in [1.165, 1.54) is 4.88 Å². The topological polar surface area (TPSA) is 34.1 Å². The zero-order valence-corrected chi connectivity index (χ0v) is 10.1. The van der Waals surface area contributed by atoms with Crippen molar-refractivity contribution in [1.29, 1.82) is 0 Å². The van der Waals surface area contributed by atoms with Gasteiger partial charge in [-0.25, -0.2) is 4.98 Å². The molecule has 1 unspecified atom stereocenters. The smallest absolute Gasteiger partial charge is 0.183 e. The molecule has 1 aromatic heterocycles. The summed E-state index contributed by atoms with van der Waals surface area (Å²) in [6, 6.07) is 0.417. The highest BCUT2D eigenvalue weighted by atomic mass is 32.1. The molecule has 0 fully saturated rings. The third kappa shape index (κ3) is 3.27. The van der Waals surface area contributed by atoms with Crippen molar-refractivity contribution in [3.8, 4) is 0 Å². The largest absolute Gasteiger partial charge is 0.385 e. The van der Waals surface area contributed by atoms with Gasteiger partial charge in [-0.05, 0) is 27.2 Å². The molecule has 0 radical (unpaired) electrons. The summed E-state index contributed by atoms with van der Waals surface area (Å²) in [7, 11) is 1.73. The first-order valence-electron chi connectivity index (χ1n) is 4.83. The number of nitrogens with zero attached hydrogens (tertiary/aromatic N) is 1. The van der Waals surface area contributed by atoms with Crippen molar-refractivity contribution < 1.29 is 4.74 Å². The molecular formula is C10H18N2OS. The number of aryl methyl sites for hydroxylation is 2. The molecule has 0 spiro atoms. The number of methoxy groups -OCH3 is 1. The predicted octanol–water partition coefficient (Wildman–Crippen LogP) is 2.60. The predicted molar refractivity (Wildman–Crippen MR) is 61.2 cm³/mol. The van der Waals surface area contributed by atoms with E-state index in [0.717, 1.165) is 23.9 Å². The monoisotopic (exact) mass is 214 g/mol. The number of anilines is 1. The number of hydrogen-bond acceptors (Lipinski definition) is 4. The van der Waals surface area contributed by atoms with Crippen LogP contribution in [-0.2, 0) is 4.74 Å². The van der Waals surface area contributed by atoms with E-state index in [-0.39, 0.29) is 0 Å². The molecule has 14 heavy (non-hydrogen) atoms. The second-order valence-corrected chi connectivity index (χ2v) is 4.69. The Bertz CT molecular complexity index is 266. The van der Waals surface area contributed by atoms with Gasteiger partial charge in [0.05, 0.1) is 5.69 Å². The van der Waals surface area contributed by atoms with Crippen LogP contribution in [0.25, 0.3) is 0 Å². The molecule has 1 aromatic rings. The summed E-state index contributed by atoms with van der Waals surface area (Å²) in [6.07, 6.45) is 1.01. The Labute approximate surface area is 89.5 Å². The van der Waals surface area contributed by atoms with Crippen molar-refractivity contribution >= 4 is 16.5 Å². The average molecular weight is 214 g/mol. The van der Waals surface area contributed by atoms with E-state index in [2.05, 4.69) is 24.1 Å². The molecule has 3 nitrogen and oxygen atoms in total. The van der Waals surface area contributed by atoms with E-state index >= 15 is 0 Å². The molecule has 0 aromatic carbocycles. The number of aromatic nitrogens is 1. The van der Waals surface area contributed by atoms with Gasteiger partial charge < -0.3 is 10.1 Å². The van der Waals surface area contributed by atoms with Gasteiger partial charge >= 0.3 is 0 Å². The molecule has 0 aliphatic heterocycles. The molecule has 0 aliphatic rings. The Kier molecular flexibility index (Phi) is 4.35. The van der Waals surface area contributed by atoms with Crippen LogP contribution in [0.4, 0.5) is 5.13 Å². The Morgan fingerprint density at radius 2 is 2.21 bits per heavy atom. The second kappa shape index (κ2) is 5.32. The highest BCUT2D eigenvalue weighted by Gasteiger charge is 2.06. The molecule has 0 saturated carbocycles.